The van der Waals surface area contributed by atoms with Crippen LogP contribution in [0, 0.1) is 5.82 Å². The number of halogens is 1. The molecule has 1 aliphatic heterocycles. The summed E-state index contributed by atoms with van der Waals surface area (Å²) in [7, 11) is -3.61. The van der Waals surface area contributed by atoms with Crippen molar-refractivity contribution in [2.75, 3.05) is 13.2 Å². The number of hydrogen-bond donors (Lipinski definition) is 1. The molecule has 94 valence electrons. The average Bonchev–Trinajstić information content (AvgIpc) is 2.78. The topological polar surface area (TPSA) is 57.6 Å². The molecule has 17 heavy (non-hydrogen) atoms. The van der Waals surface area contributed by atoms with E-state index in [4.69, 9.17) is 5.11 Å². The normalized spacial score (nSPS) is 21.9. The van der Waals surface area contributed by atoms with Crippen LogP contribution < -0.4 is 0 Å². The first-order valence-corrected chi connectivity index (χ1v) is 6.88. The Morgan fingerprint density at radius 3 is 2.59 bits per heavy atom. The van der Waals surface area contributed by atoms with Gasteiger partial charge in [-0.25, -0.2) is 12.8 Å². The number of aliphatic hydroxyl groups excluding tert-OH is 1. The van der Waals surface area contributed by atoms with Crippen LogP contribution in [0.4, 0.5) is 4.39 Å². The van der Waals surface area contributed by atoms with Gasteiger partial charge in [-0.3, -0.25) is 0 Å². The Morgan fingerprint density at radius 2 is 2.00 bits per heavy atom. The maximum Gasteiger partial charge on any atom is 0.243 e. The zero-order valence-electron chi connectivity index (χ0n) is 9.21. The monoisotopic (exact) mass is 259 g/mol. The van der Waals surface area contributed by atoms with E-state index in [9.17, 15) is 12.8 Å². The first kappa shape index (κ1) is 12.5. The number of rotatable bonds is 3. The van der Waals surface area contributed by atoms with E-state index in [1.54, 1.807) is 0 Å². The zero-order valence-corrected chi connectivity index (χ0v) is 10.0. The van der Waals surface area contributed by atoms with Crippen LogP contribution in [0.5, 0.6) is 0 Å². The van der Waals surface area contributed by atoms with Crippen LogP contribution in [0.15, 0.2) is 29.2 Å². The molecule has 1 aromatic carbocycles. The predicted octanol–water partition coefficient (Wildman–Crippen LogP) is 0.971. The Bertz CT molecular complexity index is 486. The molecule has 6 heteroatoms. The minimum atomic E-state index is -3.61. The fourth-order valence-electron chi connectivity index (χ4n) is 2.05. The second kappa shape index (κ2) is 4.72. The van der Waals surface area contributed by atoms with E-state index in [1.807, 2.05) is 0 Å². The van der Waals surface area contributed by atoms with E-state index in [0.29, 0.717) is 13.0 Å². The smallest absolute Gasteiger partial charge is 0.243 e. The Kier molecular flexibility index (Phi) is 3.46. The Balaban J connectivity index is 2.33. The molecule has 0 aromatic heterocycles. The van der Waals surface area contributed by atoms with Gasteiger partial charge in [0.2, 0.25) is 10.0 Å². The van der Waals surface area contributed by atoms with Crippen LogP contribution in [-0.4, -0.2) is 37.0 Å². The van der Waals surface area contributed by atoms with Crippen molar-refractivity contribution in [1.82, 2.24) is 4.31 Å². The summed E-state index contributed by atoms with van der Waals surface area (Å²) in [5.74, 6) is -0.468. The van der Waals surface area contributed by atoms with Gasteiger partial charge in [-0.15, -0.1) is 0 Å². The van der Waals surface area contributed by atoms with Crippen LogP contribution in [0.2, 0.25) is 0 Å². The van der Waals surface area contributed by atoms with E-state index in [-0.39, 0.29) is 17.5 Å². The lowest BCUT2D eigenvalue weighted by atomic mass is 10.2. The predicted molar refractivity (Wildman–Crippen MR) is 60.4 cm³/mol. The highest BCUT2D eigenvalue weighted by Crippen LogP contribution is 2.25. The van der Waals surface area contributed by atoms with E-state index >= 15 is 0 Å². The highest BCUT2D eigenvalue weighted by atomic mass is 32.2. The summed E-state index contributed by atoms with van der Waals surface area (Å²) in [6.45, 7) is 0.228. The third kappa shape index (κ3) is 2.34. The van der Waals surface area contributed by atoms with Crippen molar-refractivity contribution in [3.63, 3.8) is 0 Å². The number of sulfonamides is 1. The first-order valence-electron chi connectivity index (χ1n) is 5.44. The molecular weight excluding hydrogens is 245 g/mol. The summed E-state index contributed by atoms with van der Waals surface area (Å²) in [5.41, 5.74) is 0. The van der Waals surface area contributed by atoms with Gasteiger partial charge < -0.3 is 5.11 Å². The number of benzene rings is 1. The molecule has 0 amide bonds. The third-order valence-corrected chi connectivity index (χ3v) is 4.92. The van der Waals surface area contributed by atoms with E-state index in [2.05, 4.69) is 0 Å². The lowest BCUT2D eigenvalue weighted by molar-refractivity contribution is 0.213. The van der Waals surface area contributed by atoms with E-state index in [0.717, 1.165) is 18.6 Å². The van der Waals surface area contributed by atoms with Gasteiger partial charge in [0, 0.05) is 12.6 Å². The van der Waals surface area contributed by atoms with Gasteiger partial charge in [0.25, 0.3) is 0 Å². The summed E-state index contributed by atoms with van der Waals surface area (Å²) in [4.78, 5) is 0.0688. The van der Waals surface area contributed by atoms with Crippen molar-refractivity contribution in [3.05, 3.63) is 30.1 Å². The second-order valence-corrected chi connectivity index (χ2v) is 5.94. The van der Waals surface area contributed by atoms with Crippen molar-refractivity contribution in [3.8, 4) is 0 Å². The van der Waals surface area contributed by atoms with Crippen molar-refractivity contribution < 1.29 is 17.9 Å². The molecule has 0 aliphatic carbocycles. The molecule has 0 saturated carbocycles. The largest absolute Gasteiger partial charge is 0.395 e. The van der Waals surface area contributed by atoms with Crippen LogP contribution in [0.3, 0.4) is 0 Å². The molecule has 0 spiro atoms. The van der Waals surface area contributed by atoms with E-state index in [1.165, 1.54) is 16.4 Å². The minimum Gasteiger partial charge on any atom is -0.395 e. The molecule has 0 radical (unpaired) electrons. The number of aliphatic hydroxyl groups is 1. The second-order valence-electron chi connectivity index (χ2n) is 4.05. The van der Waals surface area contributed by atoms with Crippen molar-refractivity contribution in [1.29, 1.82) is 0 Å². The Hall–Kier alpha value is -0.980. The highest BCUT2D eigenvalue weighted by molar-refractivity contribution is 7.89. The van der Waals surface area contributed by atoms with Gasteiger partial charge in [-0.2, -0.15) is 4.31 Å². The molecule has 1 atom stereocenters. The maximum atomic E-state index is 12.7. The van der Waals surface area contributed by atoms with Gasteiger partial charge in [-0.05, 0) is 37.1 Å². The van der Waals surface area contributed by atoms with Gasteiger partial charge >= 0.3 is 0 Å². The molecule has 1 fully saturated rings. The Morgan fingerprint density at radius 1 is 1.35 bits per heavy atom. The number of hydrogen-bond acceptors (Lipinski definition) is 3. The summed E-state index contributed by atoms with van der Waals surface area (Å²) in [6.07, 6.45) is 1.41. The summed E-state index contributed by atoms with van der Waals surface area (Å²) >= 11 is 0. The summed E-state index contributed by atoms with van der Waals surface area (Å²) in [6, 6.07) is 4.38. The highest BCUT2D eigenvalue weighted by Gasteiger charge is 2.34. The fourth-order valence-corrected chi connectivity index (χ4v) is 3.73. The van der Waals surface area contributed by atoms with Crippen molar-refractivity contribution in [2.45, 2.75) is 23.8 Å². The van der Waals surface area contributed by atoms with Crippen LogP contribution in [-0.2, 0) is 10.0 Å². The van der Waals surface area contributed by atoms with Gasteiger partial charge in [0.1, 0.15) is 5.82 Å². The minimum absolute atomic E-state index is 0.0688. The first-order chi connectivity index (χ1) is 8.05. The molecule has 1 N–H and O–H groups in total. The number of nitrogens with zero attached hydrogens (tertiary/aromatic N) is 1. The molecule has 2 rings (SSSR count). The third-order valence-electron chi connectivity index (χ3n) is 2.95. The molecule has 0 unspecified atom stereocenters. The van der Waals surface area contributed by atoms with Crippen LogP contribution in [0.1, 0.15) is 12.8 Å². The zero-order chi connectivity index (χ0) is 12.5. The molecule has 1 saturated heterocycles. The summed E-state index contributed by atoms with van der Waals surface area (Å²) < 4.78 is 38.5. The fraction of sp³-hybridized carbons (Fsp3) is 0.455. The molecule has 4 nitrogen and oxygen atoms in total. The molecule has 0 bridgehead atoms. The van der Waals surface area contributed by atoms with Gasteiger partial charge in [-0.1, -0.05) is 0 Å². The molecular formula is C11H14FNO3S. The van der Waals surface area contributed by atoms with Crippen LogP contribution in [0.25, 0.3) is 0 Å². The van der Waals surface area contributed by atoms with E-state index < -0.39 is 15.8 Å². The van der Waals surface area contributed by atoms with Gasteiger partial charge in [0.05, 0.1) is 11.5 Å². The standard InChI is InChI=1S/C11H14FNO3S/c12-9-3-5-11(6-4-9)17(15,16)13-7-1-2-10(13)8-14/h3-6,10,14H,1-2,7-8H2/t10-/m0/s1. The molecule has 1 aliphatic rings. The van der Waals surface area contributed by atoms with Gasteiger partial charge in [0.15, 0.2) is 0 Å². The quantitative estimate of drug-likeness (QED) is 0.880. The van der Waals surface area contributed by atoms with Crippen molar-refractivity contribution in [2.24, 2.45) is 0 Å². The van der Waals surface area contributed by atoms with Crippen LogP contribution >= 0.6 is 0 Å². The average molecular weight is 259 g/mol. The van der Waals surface area contributed by atoms with Crippen molar-refractivity contribution >= 4 is 10.0 Å². The lowest BCUT2D eigenvalue weighted by Crippen LogP contribution is -2.37. The molecule has 1 aromatic rings. The lowest BCUT2D eigenvalue weighted by Gasteiger charge is -2.22. The maximum absolute atomic E-state index is 12.7. The Labute approximate surface area is 99.7 Å². The molecule has 1 heterocycles. The summed E-state index contributed by atoms with van der Waals surface area (Å²) in [5, 5.41) is 9.12. The SMILES string of the molecule is O=S(=O)(c1ccc(F)cc1)N1CCC[C@H]1CO.